The number of ether oxygens (including phenoxy) is 1. The van der Waals surface area contributed by atoms with Crippen LogP contribution >= 0.6 is 11.3 Å². The highest BCUT2D eigenvalue weighted by Gasteiger charge is 2.44. The van der Waals surface area contributed by atoms with Crippen LogP contribution in [0.5, 0.6) is 5.75 Å². The minimum Gasteiger partial charge on any atom is -0.494 e. The summed E-state index contributed by atoms with van der Waals surface area (Å²) in [6.07, 6.45) is 5.96. The summed E-state index contributed by atoms with van der Waals surface area (Å²) < 4.78 is 7.94. The van der Waals surface area contributed by atoms with Crippen LogP contribution in [0, 0.1) is 23.7 Å². The van der Waals surface area contributed by atoms with Gasteiger partial charge in [0.05, 0.1) is 57.6 Å². The Morgan fingerprint density at radius 2 is 1.63 bits per heavy atom. The quantitative estimate of drug-likeness (QED) is 0.0231. The molecule has 21 heteroatoms. The van der Waals surface area contributed by atoms with Gasteiger partial charge in [-0.1, -0.05) is 69.7 Å². The minimum atomic E-state index is -1.10. The van der Waals surface area contributed by atoms with Crippen molar-refractivity contribution in [3.63, 3.8) is 0 Å². The van der Waals surface area contributed by atoms with Gasteiger partial charge in [0.1, 0.15) is 29.5 Å². The smallest absolute Gasteiger partial charge is 0.266 e. The first-order chi connectivity index (χ1) is 39.1. The van der Waals surface area contributed by atoms with E-state index in [0.29, 0.717) is 66.8 Å². The van der Waals surface area contributed by atoms with E-state index in [1.54, 1.807) is 50.1 Å². The summed E-state index contributed by atoms with van der Waals surface area (Å²) in [5.41, 5.74) is 6.98. The number of aliphatic hydroxyl groups excluding tert-OH is 1. The Bertz CT molecular complexity index is 3370. The Balaban J connectivity index is 0.842. The van der Waals surface area contributed by atoms with E-state index in [9.17, 15) is 34.3 Å². The molecule has 5 amide bonds. The summed E-state index contributed by atoms with van der Waals surface area (Å²) in [4.78, 5) is 89.1. The number of β-amino-alcohol motifs (C(OH)–C–C–N with tert-alkyl or cyclic N) is 1. The number of likely N-dealkylation sites (N-methyl/N-ethyl adjacent to an activating group) is 1. The van der Waals surface area contributed by atoms with Gasteiger partial charge in [-0.2, -0.15) is 5.26 Å². The van der Waals surface area contributed by atoms with Crippen molar-refractivity contribution >= 4 is 74.8 Å². The first-order valence-corrected chi connectivity index (χ1v) is 28.6. The molecule has 8 rings (SSSR count). The molecule has 20 nitrogen and oxygen atoms in total. The maximum absolute atomic E-state index is 14.2. The molecule has 2 aliphatic rings. The lowest BCUT2D eigenvalue weighted by Gasteiger charge is -2.35. The lowest BCUT2D eigenvalue weighted by Crippen LogP contribution is -2.57. The van der Waals surface area contributed by atoms with Crippen molar-refractivity contribution in [3.8, 4) is 33.5 Å². The van der Waals surface area contributed by atoms with E-state index in [2.05, 4.69) is 70.1 Å². The second kappa shape index (κ2) is 26.2. The van der Waals surface area contributed by atoms with Crippen LogP contribution in [-0.4, -0.2) is 135 Å². The molecule has 432 valence electrons. The molecule has 0 saturated carbocycles. The molecule has 0 aliphatic carbocycles. The van der Waals surface area contributed by atoms with Crippen molar-refractivity contribution in [2.75, 3.05) is 62.4 Å². The van der Waals surface area contributed by atoms with Crippen LogP contribution in [0.1, 0.15) is 84.4 Å². The maximum atomic E-state index is 14.2. The third-order valence-corrected chi connectivity index (χ3v) is 15.8. The van der Waals surface area contributed by atoms with Crippen molar-refractivity contribution in [3.05, 3.63) is 108 Å². The van der Waals surface area contributed by atoms with Gasteiger partial charge in [0.15, 0.2) is 0 Å². The number of nitriles is 1. The number of amides is 5. The van der Waals surface area contributed by atoms with Gasteiger partial charge in [-0.15, -0.1) is 11.3 Å². The number of carbonyl (C=O) groups excluding carboxylic acids is 5. The number of aliphatic hydroxyl groups is 1. The molecular weight excluding hydrogens is 1060 g/mol. The summed E-state index contributed by atoms with van der Waals surface area (Å²) in [5.74, 6) is -1.36. The highest BCUT2D eigenvalue weighted by molar-refractivity contribution is 7.13. The zero-order valence-corrected chi connectivity index (χ0v) is 49.1. The first-order valence-electron chi connectivity index (χ1n) is 27.7. The topological polar surface area (TPSA) is 252 Å². The van der Waals surface area contributed by atoms with Crippen LogP contribution in [-0.2, 0) is 37.6 Å². The average molecular weight is 1130 g/mol. The molecule has 3 aromatic heterocycles. The van der Waals surface area contributed by atoms with E-state index in [1.165, 1.54) is 11.0 Å². The number of piperazine rings is 1. The fraction of sp³-hybridized carbons (Fsp3) is 0.426. The molecule has 5 heterocycles. The number of rotatable bonds is 21. The van der Waals surface area contributed by atoms with Gasteiger partial charge in [-0.05, 0) is 81.5 Å². The largest absolute Gasteiger partial charge is 0.494 e. The number of nitrogens with one attached hydrogen (secondary N) is 5. The number of anilines is 4. The monoisotopic (exact) mass is 1130 g/mol. The summed E-state index contributed by atoms with van der Waals surface area (Å²) in [7, 11) is 5.61. The van der Waals surface area contributed by atoms with Crippen LogP contribution in [0.2, 0.25) is 0 Å². The summed E-state index contributed by atoms with van der Waals surface area (Å²) in [6.45, 7) is 14.0. The number of benzene rings is 3. The highest BCUT2D eigenvalue weighted by atomic mass is 32.1. The van der Waals surface area contributed by atoms with Gasteiger partial charge >= 0.3 is 0 Å². The second-order valence-corrected chi connectivity index (χ2v) is 23.7. The molecule has 2 fully saturated rings. The standard InChI is InChI=1S/C61H75N13O7S/c1-38-54(82-37-65-38)40-21-19-39(20-22-40)34-64-57(79)50-29-42(75)35-74(50)58(80)55(60(2,3)4)69-52(76)17-11-10-12-18-53(77)70-61(5,6)32-41(33-62)56(78)66-46-30-47(51(81-9)31-49(46)73-27-25-71(7)26-28-73)68-59-63-24-23-45(67-59)44-36-72(8)48-16-14-13-15-43(44)48/h13-16,19-24,30-32,36-37,42,50,55,75H,10-12,17-18,25-29,34-35H2,1-9H3,(H,64,79)(H,66,78)(H,69,76)(H,70,77)(H,63,67,68)/b41-32+/t42-,50+,55-/m1/s1. The number of likely N-dealkylation sites (tertiary alicyclic amines) is 1. The number of fused-ring (bicyclic) bond motifs is 1. The minimum absolute atomic E-state index is 0.0378. The van der Waals surface area contributed by atoms with Crippen molar-refractivity contribution in [2.24, 2.45) is 12.5 Å². The van der Waals surface area contributed by atoms with Gasteiger partial charge in [0.2, 0.25) is 29.6 Å². The Morgan fingerprint density at radius 3 is 2.32 bits per heavy atom. The molecule has 0 bridgehead atoms. The number of unbranched alkanes of at least 4 members (excludes halogenated alkanes) is 2. The lowest BCUT2D eigenvalue weighted by molar-refractivity contribution is -0.144. The maximum Gasteiger partial charge on any atom is 0.266 e. The van der Waals surface area contributed by atoms with E-state index in [-0.39, 0.29) is 55.6 Å². The van der Waals surface area contributed by atoms with Crippen molar-refractivity contribution in [2.45, 2.75) is 110 Å². The van der Waals surface area contributed by atoms with Gasteiger partial charge < -0.3 is 55.7 Å². The number of thiazole rings is 1. The number of carbonyl (C=O) groups is 5. The molecule has 0 unspecified atom stereocenters. The lowest BCUT2D eigenvalue weighted by atomic mass is 9.85. The Labute approximate surface area is 483 Å². The number of aryl methyl sites for hydroxylation is 2. The Kier molecular flexibility index (Phi) is 19.1. The second-order valence-electron chi connectivity index (χ2n) is 22.8. The normalized spacial score (nSPS) is 16.3. The van der Waals surface area contributed by atoms with Gasteiger partial charge in [0.25, 0.3) is 5.91 Å². The van der Waals surface area contributed by atoms with Crippen LogP contribution < -0.4 is 36.2 Å². The van der Waals surface area contributed by atoms with E-state index < -0.39 is 41.0 Å². The molecule has 2 saturated heterocycles. The molecule has 6 aromatic rings. The molecule has 2 aliphatic heterocycles. The summed E-state index contributed by atoms with van der Waals surface area (Å²) in [5, 5.41) is 37.1. The number of hydrogen-bond acceptors (Lipinski definition) is 15. The number of para-hydroxylation sites is 1. The molecule has 3 atom stereocenters. The van der Waals surface area contributed by atoms with Crippen molar-refractivity contribution in [1.82, 2.24) is 45.3 Å². The van der Waals surface area contributed by atoms with E-state index >= 15 is 0 Å². The van der Waals surface area contributed by atoms with Crippen LogP contribution in [0.25, 0.3) is 32.6 Å². The van der Waals surface area contributed by atoms with E-state index in [1.807, 2.05) is 95.5 Å². The Hall–Kier alpha value is -8.19. The van der Waals surface area contributed by atoms with Gasteiger partial charge in [-0.3, -0.25) is 24.0 Å². The van der Waals surface area contributed by atoms with Gasteiger partial charge in [-0.25, -0.2) is 15.0 Å². The molecular formula is C61H75N13O7S. The van der Waals surface area contributed by atoms with Crippen molar-refractivity contribution in [1.29, 1.82) is 5.26 Å². The molecule has 6 N–H and O–H groups in total. The first kappa shape index (κ1) is 59.9. The number of aromatic nitrogens is 4. The third kappa shape index (κ3) is 14.8. The SMILES string of the molecule is COc1cc(N2CCN(C)CC2)c(NC(=O)/C(C#N)=C/C(C)(C)NC(=O)CCCCCC(=O)N[C@H](C(=O)N2C[C@H](O)C[C@H]2C(=O)NCc2ccc(-c3scnc3C)cc2)C(C)(C)C)cc1Nc1nccc(-c2cn(C)c3ccccc23)n1. The molecule has 0 spiro atoms. The Morgan fingerprint density at radius 1 is 0.915 bits per heavy atom. The van der Waals surface area contributed by atoms with Crippen molar-refractivity contribution < 1.29 is 33.8 Å². The fourth-order valence-electron chi connectivity index (χ4n) is 10.4. The third-order valence-electron chi connectivity index (χ3n) is 14.8. The summed E-state index contributed by atoms with van der Waals surface area (Å²) >= 11 is 1.56. The molecule has 0 radical (unpaired) electrons. The van der Waals surface area contributed by atoms with Crippen LogP contribution in [0.3, 0.4) is 0 Å². The van der Waals surface area contributed by atoms with Gasteiger partial charge in [0, 0.05) is 101 Å². The number of nitrogens with zero attached hydrogens (tertiary/aromatic N) is 8. The zero-order valence-electron chi connectivity index (χ0n) is 48.3. The number of hydrogen-bond donors (Lipinski definition) is 6. The van der Waals surface area contributed by atoms with E-state index in [0.717, 1.165) is 51.3 Å². The highest BCUT2D eigenvalue weighted by Crippen LogP contribution is 2.40. The predicted octanol–water partition coefficient (Wildman–Crippen LogP) is 7.61. The predicted molar refractivity (Wildman–Crippen MR) is 319 cm³/mol. The van der Waals surface area contributed by atoms with Crippen LogP contribution in [0.15, 0.2) is 96.3 Å². The zero-order chi connectivity index (χ0) is 58.9. The number of methoxy groups -OCH3 is 1. The molecule has 82 heavy (non-hydrogen) atoms. The fourth-order valence-corrected chi connectivity index (χ4v) is 11.2. The van der Waals surface area contributed by atoms with Crippen LogP contribution in [0.4, 0.5) is 23.0 Å². The summed E-state index contributed by atoms with van der Waals surface area (Å²) in [6, 6.07) is 21.5. The van der Waals surface area contributed by atoms with E-state index in [4.69, 9.17) is 9.72 Å². The average Bonchev–Trinajstić information content (AvgIpc) is 4.04. The molecule has 3 aromatic carbocycles.